The summed E-state index contributed by atoms with van der Waals surface area (Å²) in [6, 6.07) is 0. The van der Waals surface area contributed by atoms with Crippen LogP contribution in [0, 0.1) is 0 Å². The van der Waals surface area contributed by atoms with Crippen LogP contribution in [0.15, 0.2) is 0 Å². The van der Waals surface area contributed by atoms with E-state index in [1.165, 1.54) is 12.8 Å². The monoisotopic (exact) mass is 218 g/mol. The van der Waals surface area contributed by atoms with E-state index in [-0.39, 0.29) is 0 Å². The van der Waals surface area contributed by atoms with Crippen LogP contribution in [-0.4, -0.2) is 29.0 Å². The van der Waals surface area contributed by atoms with Gasteiger partial charge in [-0.05, 0) is 12.8 Å². The molecule has 0 aliphatic heterocycles. The van der Waals surface area contributed by atoms with Crippen LogP contribution >= 0.6 is 0 Å². The van der Waals surface area contributed by atoms with Crippen LogP contribution in [-0.2, 0) is 4.74 Å². The van der Waals surface area contributed by atoms with Crippen molar-refractivity contribution in [1.82, 2.24) is 0 Å². The smallest absolute Gasteiger partial charge is 0.0655 e. The zero-order valence-electron chi connectivity index (χ0n) is 10.1. The summed E-state index contributed by atoms with van der Waals surface area (Å²) in [6.07, 6.45) is 2.42. The van der Waals surface area contributed by atoms with Gasteiger partial charge in [-0.15, -0.1) is 0 Å². The minimum Gasteiger partial charge on any atom is -0.383 e. The van der Waals surface area contributed by atoms with Crippen LogP contribution < -0.4 is 0 Å². The lowest BCUT2D eigenvalue weighted by Gasteiger charge is -2.27. The van der Waals surface area contributed by atoms with Crippen LogP contribution in [0.1, 0.15) is 26.7 Å². The van der Waals surface area contributed by atoms with E-state index in [2.05, 4.69) is 40.0 Å². The Morgan fingerprint density at radius 2 is 1.15 bits per heavy atom. The van der Waals surface area contributed by atoms with Gasteiger partial charge in [0.05, 0.1) is 17.6 Å². The topological polar surface area (TPSA) is 9.23 Å². The van der Waals surface area contributed by atoms with Crippen LogP contribution in [0.3, 0.4) is 0 Å². The van der Waals surface area contributed by atoms with E-state index in [0.717, 1.165) is 0 Å². The summed E-state index contributed by atoms with van der Waals surface area (Å²) in [5, 5.41) is 0. The molecule has 0 fully saturated rings. The molecule has 0 heterocycles. The SMILES string of the molecule is CCC(OC(CC)[SiH](C)C)[SiH](C)C. The Balaban J connectivity index is 4.03. The molecule has 0 saturated heterocycles. The Bertz CT molecular complexity index is 112. The molecule has 0 spiro atoms. The molecule has 2 unspecified atom stereocenters. The zero-order valence-corrected chi connectivity index (χ0v) is 12.4. The molecular formula is C10H26OSi2. The van der Waals surface area contributed by atoms with Crippen molar-refractivity contribution in [2.24, 2.45) is 0 Å². The maximum atomic E-state index is 6.20. The van der Waals surface area contributed by atoms with E-state index in [9.17, 15) is 0 Å². The molecule has 0 saturated carbocycles. The van der Waals surface area contributed by atoms with Crippen LogP contribution in [0.4, 0.5) is 0 Å². The van der Waals surface area contributed by atoms with Crippen molar-refractivity contribution in [2.75, 3.05) is 0 Å². The minimum atomic E-state index is -0.597. The van der Waals surface area contributed by atoms with Crippen LogP contribution in [0.25, 0.3) is 0 Å². The largest absolute Gasteiger partial charge is 0.383 e. The van der Waals surface area contributed by atoms with Gasteiger partial charge in [-0.2, -0.15) is 0 Å². The van der Waals surface area contributed by atoms with Crippen molar-refractivity contribution in [3.8, 4) is 0 Å². The highest BCUT2D eigenvalue weighted by atomic mass is 28.3. The summed E-state index contributed by atoms with van der Waals surface area (Å²) >= 11 is 0. The predicted molar refractivity (Wildman–Crippen MR) is 67.0 cm³/mol. The maximum Gasteiger partial charge on any atom is 0.0655 e. The molecule has 1 nitrogen and oxygen atoms in total. The lowest BCUT2D eigenvalue weighted by molar-refractivity contribution is 0.0686. The van der Waals surface area contributed by atoms with Crippen molar-refractivity contribution in [2.45, 2.75) is 64.3 Å². The molecule has 0 radical (unpaired) electrons. The summed E-state index contributed by atoms with van der Waals surface area (Å²) in [4.78, 5) is 0. The second-order valence-corrected chi connectivity index (χ2v) is 11.0. The molecule has 13 heavy (non-hydrogen) atoms. The van der Waals surface area contributed by atoms with Gasteiger partial charge in [0.2, 0.25) is 0 Å². The summed E-state index contributed by atoms with van der Waals surface area (Å²) < 4.78 is 6.20. The molecule has 3 heteroatoms. The highest BCUT2D eigenvalue weighted by molar-refractivity contribution is 6.58. The van der Waals surface area contributed by atoms with Gasteiger partial charge in [0.1, 0.15) is 0 Å². The van der Waals surface area contributed by atoms with E-state index in [1.807, 2.05) is 0 Å². The lowest BCUT2D eigenvalue weighted by Crippen LogP contribution is -2.37. The normalized spacial score (nSPS) is 16.6. The Kier molecular flexibility index (Phi) is 7.00. The summed E-state index contributed by atoms with van der Waals surface area (Å²) in [7, 11) is -1.19. The highest BCUT2D eigenvalue weighted by Gasteiger charge is 2.20. The second kappa shape index (κ2) is 6.79. The molecule has 2 atom stereocenters. The zero-order chi connectivity index (χ0) is 10.4. The molecule has 0 aromatic rings. The van der Waals surface area contributed by atoms with Gasteiger partial charge in [0, 0.05) is 11.5 Å². The van der Waals surface area contributed by atoms with Crippen molar-refractivity contribution in [3.63, 3.8) is 0 Å². The van der Waals surface area contributed by atoms with E-state index in [4.69, 9.17) is 4.74 Å². The van der Waals surface area contributed by atoms with Gasteiger partial charge in [-0.3, -0.25) is 0 Å². The van der Waals surface area contributed by atoms with Crippen LogP contribution in [0.2, 0.25) is 26.2 Å². The summed E-state index contributed by atoms with van der Waals surface area (Å²) in [5.74, 6) is 0. The summed E-state index contributed by atoms with van der Waals surface area (Å²) in [6.45, 7) is 14.1. The van der Waals surface area contributed by atoms with Crippen LogP contribution in [0.5, 0.6) is 0 Å². The average Bonchev–Trinajstić information content (AvgIpc) is 2.05. The van der Waals surface area contributed by atoms with E-state index < -0.39 is 17.6 Å². The average molecular weight is 218 g/mol. The molecular weight excluding hydrogens is 192 g/mol. The molecule has 0 N–H and O–H groups in total. The molecule has 0 aromatic carbocycles. The van der Waals surface area contributed by atoms with Gasteiger partial charge < -0.3 is 4.74 Å². The third kappa shape index (κ3) is 4.98. The van der Waals surface area contributed by atoms with Gasteiger partial charge in [0.15, 0.2) is 0 Å². The fourth-order valence-corrected chi connectivity index (χ4v) is 4.77. The van der Waals surface area contributed by atoms with Gasteiger partial charge in [-0.25, -0.2) is 0 Å². The molecule has 0 aliphatic rings. The highest BCUT2D eigenvalue weighted by Crippen LogP contribution is 2.11. The number of hydrogen-bond donors (Lipinski definition) is 0. The predicted octanol–water partition coefficient (Wildman–Crippen LogP) is 2.61. The van der Waals surface area contributed by atoms with Crippen molar-refractivity contribution >= 4 is 17.6 Å². The van der Waals surface area contributed by atoms with Gasteiger partial charge in [0.25, 0.3) is 0 Å². The van der Waals surface area contributed by atoms with E-state index >= 15 is 0 Å². The molecule has 0 bridgehead atoms. The first-order valence-corrected chi connectivity index (χ1v) is 11.6. The Hall–Kier alpha value is 0.394. The molecule has 0 rings (SSSR count). The number of ether oxygens (including phenoxy) is 1. The first-order chi connectivity index (χ1) is 6.02. The standard InChI is InChI=1S/C10H26OSi2/c1-7-9(12(3)4)11-10(8-2)13(5)6/h9-10,12-13H,7-8H2,1-6H3. The quantitative estimate of drug-likeness (QED) is 0.623. The van der Waals surface area contributed by atoms with E-state index in [0.29, 0.717) is 11.5 Å². The van der Waals surface area contributed by atoms with Crippen molar-refractivity contribution in [3.05, 3.63) is 0 Å². The van der Waals surface area contributed by atoms with Crippen molar-refractivity contribution in [1.29, 1.82) is 0 Å². The fourth-order valence-electron chi connectivity index (χ4n) is 1.67. The first-order valence-electron chi connectivity index (χ1n) is 5.68. The molecule has 0 aliphatic carbocycles. The molecule has 0 aromatic heterocycles. The van der Waals surface area contributed by atoms with E-state index in [1.54, 1.807) is 0 Å². The lowest BCUT2D eigenvalue weighted by atomic mass is 10.5. The third-order valence-electron chi connectivity index (χ3n) is 2.64. The minimum absolute atomic E-state index is 0.597. The Morgan fingerprint density at radius 3 is 1.31 bits per heavy atom. The van der Waals surface area contributed by atoms with Crippen molar-refractivity contribution < 1.29 is 4.74 Å². The molecule has 0 amide bonds. The maximum absolute atomic E-state index is 6.20. The third-order valence-corrected chi connectivity index (χ3v) is 6.87. The Morgan fingerprint density at radius 1 is 0.846 bits per heavy atom. The number of hydrogen-bond acceptors (Lipinski definition) is 1. The summed E-state index contributed by atoms with van der Waals surface area (Å²) in [5.41, 5.74) is 1.22. The first kappa shape index (κ1) is 13.4. The fraction of sp³-hybridized carbons (Fsp3) is 1.00. The second-order valence-electron chi connectivity index (χ2n) is 4.52. The van der Waals surface area contributed by atoms with Gasteiger partial charge in [-0.1, -0.05) is 40.0 Å². The molecule has 80 valence electrons. The number of rotatable bonds is 6. The van der Waals surface area contributed by atoms with Gasteiger partial charge >= 0.3 is 0 Å². The Labute approximate surface area is 87.1 Å².